The van der Waals surface area contributed by atoms with Crippen molar-refractivity contribution in [2.75, 3.05) is 34.4 Å². The zero-order valence-corrected chi connectivity index (χ0v) is 16.7. The highest BCUT2D eigenvalue weighted by molar-refractivity contribution is 5.95. The van der Waals surface area contributed by atoms with Crippen LogP contribution in [0.25, 0.3) is 0 Å². The first-order valence-electron chi connectivity index (χ1n) is 9.53. The van der Waals surface area contributed by atoms with Gasteiger partial charge in [-0.1, -0.05) is 30.3 Å². The van der Waals surface area contributed by atoms with Crippen molar-refractivity contribution < 1.29 is 19.0 Å². The Hall–Kier alpha value is -2.73. The maximum absolute atomic E-state index is 12.7. The van der Waals surface area contributed by atoms with Crippen LogP contribution in [-0.4, -0.2) is 51.2 Å². The largest absolute Gasteiger partial charge is 0.493 e. The fourth-order valence-electron chi connectivity index (χ4n) is 3.30. The zero-order chi connectivity index (χ0) is 19.9. The number of nitrogens with zero attached hydrogens (tertiary/aromatic N) is 1. The molecule has 2 aromatic carbocycles. The number of hydrogen-bond acceptors (Lipinski definition) is 5. The SMILES string of the molecule is COc1cc(C(=O)NC2CCN(C)CC2)cc(OC)c1OCc1ccccc1. The van der Waals surface area contributed by atoms with Gasteiger partial charge in [0.25, 0.3) is 5.91 Å². The maximum atomic E-state index is 12.7. The fourth-order valence-corrected chi connectivity index (χ4v) is 3.30. The topological polar surface area (TPSA) is 60.0 Å². The molecule has 1 saturated heterocycles. The van der Waals surface area contributed by atoms with Crippen molar-refractivity contribution >= 4 is 5.91 Å². The third kappa shape index (κ3) is 4.95. The fraction of sp³-hybridized carbons (Fsp3) is 0.409. The summed E-state index contributed by atoms with van der Waals surface area (Å²) in [6.07, 6.45) is 1.91. The molecule has 2 aromatic rings. The average molecular weight is 384 g/mol. The molecule has 0 aliphatic carbocycles. The van der Waals surface area contributed by atoms with Gasteiger partial charge in [0.15, 0.2) is 11.5 Å². The maximum Gasteiger partial charge on any atom is 0.251 e. The first-order valence-corrected chi connectivity index (χ1v) is 9.53. The molecule has 1 aliphatic rings. The highest BCUT2D eigenvalue weighted by Gasteiger charge is 2.22. The number of methoxy groups -OCH3 is 2. The summed E-state index contributed by atoms with van der Waals surface area (Å²) in [6.45, 7) is 2.36. The molecular weight excluding hydrogens is 356 g/mol. The lowest BCUT2D eigenvalue weighted by Gasteiger charge is -2.29. The van der Waals surface area contributed by atoms with Crippen LogP contribution in [0.2, 0.25) is 0 Å². The van der Waals surface area contributed by atoms with Crippen LogP contribution in [0.5, 0.6) is 17.2 Å². The van der Waals surface area contributed by atoms with Crippen molar-refractivity contribution in [1.82, 2.24) is 10.2 Å². The van der Waals surface area contributed by atoms with Gasteiger partial charge in [0.05, 0.1) is 14.2 Å². The minimum Gasteiger partial charge on any atom is -0.493 e. The Morgan fingerprint density at radius 3 is 2.25 bits per heavy atom. The van der Waals surface area contributed by atoms with E-state index in [-0.39, 0.29) is 11.9 Å². The van der Waals surface area contributed by atoms with Gasteiger partial charge in [-0.2, -0.15) is 0 Å². The van der Waals surface area contributed by atoms with Gasteiger partial charge in [0.1, 0.15) is 6.61 Å². The minimum atomic E-state index is -0.124. The van der Waals surface area contributed by atoms with E-state index in [1.54, 1.807) is 26.4 Å². The summed E-state index contributed by atoms with van der Waals surface area (Å²) in [5.41, 5.74) is 1.54. The van der Waals surface area contributed by atoms with E-state index in [0.29, 0.717) is 29.4 Å². The molecule has 1 amide bonds. The molecule has 6 nitrogen and oxygen atoms in total. The highest BCUT2D eigenvalue weighted by Crippen LogP contribution is 2.39. The van der Waals surface area contributed by atoms with Gasteiger partial charge in [-0.15, -0.1) is 0 Å². The number of carbonyl (C=O) groups is 1. The number of hydrogen-bond donors (Lipinski definition) is 1. The van der Waals surface area contributed by atoms with E-state index in [9.17, 15) is 4.79 Å². The van der Waals surface area contributed by atoms with Crippen LogP contribution in [0.4, 0.5) is 0 Å². The van der Waals surface area contributed by atoms with E-state index in [4.69, 9.17) is 14.2 Å². The first kappa shape index (κ1) is 20.0. The first-order chi connectivity index (χ1) is 13.6. The molecular formula is C22H28N2O4. The lowest BCUT2D eigenvalue weighted by atomic mass is 10.0. The van der Waals surface area contributed by atoms with E-state index in [2.05, 4.69) is 17.3 Å². The molecule has 0 atom stereocenters. The third-order valence-corrected chi connectivity index (χ3v) is 5.00. The van der Waals surface area contributed by atoms with Crippen molar-refractivity contribution in [3.63, 3.8) is 0 Å². The zero-order valence-electron chi connectivity index (χ0n) is 16.7. The Kier molecular flexibility index (Phi) is 6.76. The number of rotatable bonds is 7. The molecule has 1 fully saturated rings. The van der Waals surface area contributed by atoms with Crippen LogP contribution >= 0.6 is 0 Å². The second-order valence-electron chi connectivity index (χ2n) is 7.04. The molecule has 0 unspecified atom stereocenters. The number of carbonyl (C=O) groups excluding carboxylic acids is 1. The number of nitrogens with one attached hydrogen (secondary N) is 1. The molecule has 1 heterocycles. The molecule has 0 bridgehead atoms. The lowest BCUT2D eigenvalue weighted by molar-refractivity contribution is 0.0916. The number of amides is 1. The van der Waals surface area contributed by atoms with Crippen molar-refractivity contribution in [3.05, 3.63) is 53.6 Å². The number of piperidine rings is 1. The Bertz CT molecular complexity index is 761. The molecule has 0 spiro atoms. The number of likely N-dealkylation sites (tertiary alicyclic amines) is 1. The normalized spacial score (nSPS) is 15.1. The summed E-state index contributed by atoms with van der Waals surface area (Å²) >= 11 is 0. The molecule has 150 valence electrons. The van der Waals surface area contributed by atoms with Crippen molar-refractivity contribution in [2.24, 2.45) is 0 Å². The summed E-state index contributed by atoms with van der Waals surface area (Å²) in [5, 5.41) is 3.12. The van der Waals surface area contributed by atoms with Gasteiger partial charge in [-0.25, -0.2) is 0 Å². The summed E-state index contributed by atoms with van der Waals surface area (Å²) in [4.78, 5) is 15.0. The molecule has 1 aliphatic heterocycles. The van der Waals surface area contributed by atoms with Crippen LogP contribution in [0.3, 0.4) is 0 Å². The molecule has 0 saturated carbocycles. The van der Waals surface area contributed by atoms with Crippen LogP contribution in [0.1, 0.15) is 28.8 Å². The van der Waals surface area contributed by atoms with E-state index < -0.39 is 0 Å². The highest BCUT2D eigenvalue weighted by atomic mass is 16.5. The van der Waals surface area contributed by atoms with Crippen molar-refractivity contribution in [2.45, 2.75) is 25.5 Å². The van der Waals surface area contributed by atoms with Crippen LogP contribution in [0.15, 0.2) is 42.5 Å². The van der Waals surface area contributed by atoms with Gasteiger partial charge in [0.2, 0.25) is 5.75 Å². The minimum absolute atomic E-state index is 0.124. The molecule has 0 aromatic heterocycles. The number of benzene rings is 2. The van der Waals surface area contributed by atoms with E-state index in [1.165, 1.54) is 0 Å². The second kappa shape index (κ2) is 9.46. The monoisotopic (exact) mass is 384 g/mol. The van der Waals surface area contributed by atoms with Crippen LogP contribution in [-0.2, 0) is 6.61 Å². The van der Waals surface area contributed by atoms with Crippen molar-refractivity contribution in [3.8, 4) is 17.2 Å². The van der Waals surface area contributed by atoms with Crippen molar-refractivity contribution in [1.29, 1.82) is 0 Å². The smallest absolute Gasteiger partial charge is 0.251 e. The standard InChI is InChI=1S/C22H28N2O4/c1-24-11-9-18(10-12-24)23-22(25)17-13-19(26-2)21(20(14-17)27-3)28-15-16-7-5-4-6-8-16/h4-8,13-14,18H,9-12,15H2,1-3H3,(H,23,25). The lowest BCUT2D eigenvalue weighted by Crippen LogP contribution is -2.43. The third-order valence-electron chi connectivity index (χ3n) is 5.00. The van der Waals surface area contributed by atoms with E-state index >= 15 is 0 Å². The molecule has 0 radical (unpaired) electrons. The van der Waals surface area contributed by atoms with E-state index in [0.717, 1.165) is 31.5 Å². The molecule has 3 rings (SSSR count). The summed E-state index contributed by atoms with van der Waals surface area (Å²) in [7, 11) is 5.22. The van der Waals surface area contributed by atoms with Gasteiger partial charge in [-0.3, -0.25) is 4.79 Å². The molecule has 6 heteroatoms. The summed E-state index contributed by atoms with van der Waals surface area (Å²) in [6, 6.07) is 13.5. The Labute approximate surface area is 166 Å². The summed E-state index contributed by atoms with van der Waals surface area (Å²) in [5.74, 6) is 1.32. The van der Waals surface area contributed by atoms with Crippen LogP contribution < -0.4 is 19.5 Å². The Morgan fingerprint density at radius 2 is 1.68 bits per heavy atom. The predicted octanol–water partition coefficient (Wildman–Crippen LogP) is 3.11. The number of ether oxygens (including phenoxy) is 3. The molecule has 28 heavy (non-hydrogen) atoms. The van der Waals surface area contributed by atoms with Gasteiger partial charge in [0, 0.05) is 11.6 Å². The molecule has 1 N–H and O–H groups in total. The van der Waals surface area contributed by atoms with E-state index in [1.807, 2.05) is 30.3 Å². The van der Waals surface area contributed by atoms with Gasteiger partial charge >= 0.3 is 0 Å². The van der Waals surface area contributed by atoms with Crippen LogP contribution in [0, 0.1) is 0 Å². The second-order valence-corrected chi connectivity index (χ2v) is 7.04. The van der Waals surface area contributed by atoms with Gasteiger partial charge in [-0.05, 0) is 50.7 Å². The predicted molar refractivity (Wildman–Crippen MR) is 108 cm³/mol. The Balaban J connectivity index is 1.75. The van der Waals surface area contributed by atoms with Gasteiger partial charge < -0.3 is 24.4 Å². The summed E-state index contributed by atoms with van der Waals surface area (Å²) < 4.78 is 16.9. The quantitative estimate of drug-likeness (QED) is 0.795. The average Bonchev–Trinajstić information content (AvgIpc) is 2.73. The Morgan fingerprint density at radius 1 is 1.07 bits per heavy atom.